The average molecular weight is 104 g/mol. The van der Waals surface area contributed by atoms with Gasteiger partial charge in [0, 0.05) is 12.6 Å². The number of aliphatic hydroxyl groups is 1. The van der Waals surface area contributed by atoms with Crippen molar-refractivity contribution in [3.8, 4) is 0 Å². The Labute approximate surface area is 43.5 Å². The normalized spacial score (nSPS) is 14.1. The first-order valence-electron chi connectivity index (χ1n) is 2.32. The van der Waals surface area contributed by atoms with Crippen molar-refractivity contribution >= 4 is 0 Å². The van der Waals surface area contributed by atoms with Gasteiger partial charge in [0.2, 0.25) is 0 Å². The molecule has 7 heavy (non-hydrogen) atoms. The molecule has 0 saturated heterocycles. The number of hydrogen-bond donors (Lipinski definition) is 3. The maximum absolute atomic E-state index is 8.30. The summed E-state index contributed by atoms with van der Waals surface area (Å²) in [5, 5.41) is 11.1. The van der Waals surface area contributed by atoms with Gasteiger partial charge in [-0.25, -0.2) is 0 Å². The topological polar surface area (TPSA) is 58.3 Å². The monoisotopic (exact) mass is 104 g/mol. The third-order valence-corrected chi connectivity index (χ3v) is 0.701. The minimum absolute atomic E-state index is 0.0564. The quantitative estimate of drug-likeness (QED) is 0.409. The highest BCUT2D eigenvalue weighted by atomic mass is 16.3. The summed E-state index contributed by atoms with van der Waals surface area (Å²) in [6, 6.07) is -0.106. The van der Waals surface area contributed by atoms with E-state index in [4.69, 9.17) is 10.8 Å². The van der Waals surface area contributed by atoms with Crippen molar-refractivity contribution in [2.45, 2.75) is 6.04 Å². The number of rotatable bonds is 3. The van der Waals surface area contributed by atoms with Gasteiger partial charge in [-0.15, -0.1) is 0 Å². The van der Waals surface area contributed by atoms with Crippen molar-refractivity contribution in [2.24, 2.45) is 5.73 Å². The Balaban J connectivity index is 2.83. The molecule has 0 aromatic rings. The molecule has 0 spiro atoms. The van der Waals surface area contributed by atoms with E-state index < -0.39 is 0 Å². The summed E-state index contributed by atoms with van der Waals surface area (Å²) in [5.41, 5.74) is 5.27. The van der Waals surface area contributed by atoms with Crippen LogP contribution in [0.15, 0.2) is 0 Å². The molecule has 0 aliphatic carbocycles. The predicted octanol–water partition coefficient (Wildman–Crippen LogP) is -1.47. The molecule has 4 N–H and O–H groups in total. The van der Waals surface area contributed by atoms with Crippen LogP contribution in [0.25, 0.3) is 0 Å². The van der Waals surface area contributed by atoms with Crippen LogP contribution in [0.5, 0.6) is 0 Å². The van der Waals surface area contributed by atoms with Gasteiger partial charge in [-0.05, 0) is 7.05 Å². The van der Waals surface area contributed by atoms with Gasteiger partial charge >= 0.3 is 0 Å². The van der Waals surface area contributed by atoms with E-state index in [1.165, 1.54) is 0 Å². The van der Waals surface area contributed by atoms with Gasteiger partial charge in [-0.3, -0.25) is 0 Å². The molecule has 0 unspecified atom stereocenters. The third-order valence-electron chi connectivity index (χ3n) is 0.701. The van der Waals surface area contributed by atoms with E-state index in [2.05, 4.69) is 5.32 Å². The van der Waals surface area contributed by atoms with Gasteiger partial charge in [0.15, 0.2) is 0 Å². The van der Waals surface area contributed by atoms with Crippen LogP contribution >= 0.6 is 0 Å². The Bertz CT molecular complexity index is 40.7. The molecule has 0 fully saturated rings. The maximum Gasteiger partial charge on any atom is 0.0594 e. The second-order valence-corrected chi connectivity index (χ2v) is 1.50. The Hall–Kier alpha value is -0.120. The van der Waals surface area contributed by atoms with Gasteiger partial charge in [0.25, 0.3) is 0 Å². The molecule has 0 radical (unpaired) electrons. The van der Waals surface area contributed by atoms with E-state index >= 15 is 0 Å². The van der Waals surface area contributed by atoms with Crippen molar-refractivity contribution < 1.29 is 5.11 Å². The lowest BCUT2D eigenvalue weighted by atomic mass is 10.3. The van der Waals surface area contributed by atoms with Gasteiger partial charge in [0.05, 0.1) is 6.61 Å². The number of aliphatic hydroxyl groups excluding tert-OH is 1. The van der Waals surface area contributed by atoms with E-state index in [-0.39, 0.29) is 12.6 Å². The van der Waals surface area contributed by atoms with Gasteiger partial charge < -0.3 is 16.2 Å². The Morgan fingerprint density at radius 2 is 2.43 bits per heavy atom. The van der Waals surface area contributed by atoms with Crippen LogP contribution in [0.4, 0.5) is 0 Å². The fraction of sp³-hybridized carbons (Fsp3) is 1.00. The molecule has 0 aliphatic heterocycles. The van der Waals surface area contributed by atoms with E-state index in [0.717, 1.165) is 0 Å². The fourth-order valence-corrected chi connectivity index (χ4v) is 0.327. The first-order chi connectivity index (χ1) is 3.31. The van der Waals surface area contributed by atoms with Gasteiger partial charge in [0.1, 0.15) is 0 Å². The zero-order valence-corrected chi connectivity index (χ0v) is 4.52. The summed E-state index contributed by atoms with van der Waals surface area (Å²) in [6.07, 6.45) is 0. The predicted molar refractivity (Wildman–Crippen MR) is 29.0 cm³/mol. The van der Waals surface area contributed by atoms with Gasteiger partial charge in [-0.2, -0.15) is 0 Å². The van der Waals surface area contributed by atoms with Crippen molar-refractivity contribution in [2.75, 3.05) is 20.2 Å². The smallest absolute Gasteiger partial charge is 0.0594 e. The number of hydrogen-bond acceptors (Lipinski definition) is 3. The zero-order valence-electron chi connectivity index (χ0n) is 4.52. The Kier molecular flexibility index (Phi) is 3.98. The maximum atomic E-state index is 8.30. The van der Waals surface area contributed by atoms with Crippen LogP contribution in [0.1, 0.15) is 0 Å². The van der Waals surface area contributed by atoms with Crippen molar-refractivity contribution in [3.63, 3.8) is 0 Å². The van der Waals surface area contributed by atoms with Crippen LogP contribution in [0.2, 0.25) is 0 Å². The van der Waals surface area contributed by atoms with E-state index in [0.29, 0.717) is 6.54 Å². The number of nitrogens with one attached hydrogen (secondary N) is 1. The van der Waals surface area contributed by atoms with Crippen LogP contribution in [-0.2, 0) is 0 Å². The first kappa shape index (κ1) is 6.88. The molecular weight excluding hydrogens is 92.1 g/mol. The molecule has 0 heterocycles. The summed E-state index contributed by atoms with van der Waals surface area (Å²) >= 11 is 0. The summed E-state index contributed by atoms with van der Waals surface area (Å²) in [6.45, 7) is 0.733. The Morgan fingerprint density at radius 1 is 1.86 bits per heavy atom. The van der Waals surface area contributed by atoms with E-state index in [1.54, 1.807) is 7.05 Å². The summed E-state index contributed by atoms with van der Waals surface area (Å²) in [5.74, 6) is 0. The first-order valence-corrected chi connectivity index (χ1v) is 2.32. The van der Waals surface area contributed by atoms with Crippen LogP contribution < -0.4 is 11.1 Å². The molecule has 0 aromatic carbocycles. The molecule has 44 valence electrons. The molecule has 0 saturated carbocycles. The number of nitrogens with two attached hydrogens (primary N) is 1. The lowest BCUT2D eigenvalue weighted by Crippen LogP contribution is -2.34. The van der Waals surface area contributed by atoms with Crippen molar-refractivity contribution in [3.05, 3.63) is 0 Å². The van der Waals surface area contributed by atoms with Crippen LogP contribution in [0, 0.1) is 0 Å². The lowest BCUT2D eigenvalue weighted by molar-refractivity contribution is 0.264. The minimum atomic E-state index is -0.106. The molecule has 0 rings (SSSR count). The van der Waals surface area contributed by atoms with Crippen molar-refractivity contribution in [1.82, 2.24) is 5.32 Å². The SMILES string of the molecule is CNC[C@H](N)CO. The highest BCUT2D eigenvalue weighted by Gasteiger charge is 1.93. The van der Waals surface area contributed by atoms with E-state index in [9.17, 15) is 0 Å². The molecule has 3 heteroatoms. The van der Waals surface area contributed by atoms with E-state index in [1.807, 2.05) is 0 Å². The average Bonchev–Trinajstić information content (AvgIpc) is 1.68. The summed E-state index contributed by atoms with van der Waals surface area (Å²) < 4.78 is 0. The molecular formula is C4H12N2O. The highest BCUT2D eigenvalue weighted by molar-refractivity contribution is 4.58. The molecule has 0 bridgehead atoms. The fourth-order valence-electron chi connectivity index (χ4n) is 0.327. The highest BCUT2D eigenvalue weighted by Crippen LogP contribution is 1.67. The molecule has 1 atom stereocenters. The second kappa shape index (κ2) is 4.05. The molecule has 0 amide bonds. The molecule has 3 nitrogen and oxygen atoms in total. The van der Waals surface area contributed by atoms with Crippen molar-refractivity contribution in [1.29, 1.82) is 0 Å². The summed E-state index contributed by atoms with van der Waals surface area (Å²) in [4.78, 5) is 0. The molecule has 0 aromatic heterocycles. The zero-order chi connectivity index (χ0) is 5.70. The van der Waals surface area contributed by atoms with Gasteiger partial charge in [-0.1, -0.05) is 0 Å². The number of likely N-dealkylation sites (N-methyl/N-ethyl adjacent to an activating group) is 1. The molecule has 0 aliphatic rings. The summed E-state index contributed by atoms with van der Waals surface area (Å²) in [7, 11) is 1.80. The standard InChI is InChI=1S/C4H12N2O/c1-6-2-4(5)3-7/h4,6-7H,2-3,5H2,1H3/t4-/m0/s1. The largest absolute Gasteiger partial charge is 0.395 e. The third kappa shape index (κ3) is 3.72. The Morgan fingerprint density at radius 3 is 2.57 bits per heavy atom. The second-order valence-electron chi connectivity index (χ2n) is 1.50. The minimum Gasteiger partial charge on any atom is -0.395 e. The van der Waals surface area contributed by atoms with Crippen LogP contribution in [0.3, 0.4) is 0 Å². The lowest BCUT2D eigenvalue weighted by Gasteiger charge is -2.03. The van der Waals surface area contributed by atoms with Crippen LogP contribution in [-0.4, -0.2) is 31.3 Å².